The van der Waals surface area contributed by atoms with Crippen molar-refractivity contribution in [2.75, 3.05) is 20.1 Å². The van der Waals surface area contributed by atoms with Crippen molar-refractivity contribution in [3.63, 3.8) is 0 Å². The molecule has 1 aliphatic heterocycles. The minimum Gasteiger partial charge on any atom is -0.316 e. The predicted molar refractivity (Wildman–Crippen MR) is 78.6 cm³/mol. The fourth-order valence-electron chi connectivity index (χ4n) is 2.16. The molecule has 6 heteroatoms. The van der Waals surface area contributed by atoms with Crippen molar-refractivity contribution >= 4 is 24.8 Å². The van der Waals surface area contributed by atoms with E-state index < -0.39 is 0 Å². The molecule has 2 heterocycles. The minimum atomic E-state index is 0. The molecule has 0 saturated carbocycles. The van der Waals surface area contributed by atoms with E-state index in [1.165, 1.54) is 19.4 Å². The van der Waals surface area contributed by atoms with Crippen LogP contribution in [-0.2, 0) is 6.54 Å². The van der Waals surface area contributed by atoms with Crippen LogP contribution in [0.4, 0.5) is 0 Å². The first-order chi connectivity index (χ1) is 7.78. The molecule has 0 radical (unpaired) electrons. The third kappa shape index (κ3) is 5.06. The molecule has 0 aromatic carbocycles. The highest BCUT2D eigenvalue weighted by molar-refractivity contribution is 5.85. The molecule has 104 valence electrons. The Labute approximate surface area is 121 Å². The summed E-state index contributed by atoms with van der Waals surface area (Å²) in [5.41, 5.74) is 2.05. The molecule has 0 aliphatic carbocycles. The number of halogens is 2. The van der Waals surface area contributed by atoms with Crippen molar-refractivity contribution < 1.29 is 0 Å². The van der Waals surface area contributed by atoms with Gasteiger partial charge < -0.3 is 5.32 Å². The molecular weight excluding hydrogens is 271 g/mol. The van der Waals surface area contributed by atoms with Crippen LogP contribution < -0.4 is 5.32 Å². The van der Waals surface area contributed by atoms with Gasteiger partial charge in [0.2, 0.25) is 0 Å². The van der Waals surface area contributed by atoms with Crippen LogP contribution in [-0.4, -0.2) is 41.0 Å². The van der Waals surface area contributed by atoms with Crippen LogP contribution in [0.1, 0.15) is 24.2 Å². The number of likely N-dealkylation sites (N-methyl/N-ethyl adjacent to an activating group) is 1. The van der Waals surface area contributed by atoms with Gasteiger partial charge in [-0.1, -0.05) is 0 Å². The summed E-state index contributed by atoms with van der Waals surface area (Å²) in [6, 6.07) is 0.632. The van der Waals surface area contributed by atoms with Gasteiger partial charge in [0.25, 0.3) is 0 Å². The smallest absolute Gasteiger partial charge is 0.0727 e. The first kappa shape index (κ1) is 17.6. The molecule has 0 bridgehead atoms. The minimum absolute atomic E-state index is 0. The molecule has 1 unspecified atom stereocenters. The average molecular weight is 293 g/mol. The second-order valence-corrected chi connectivity index (χ2v) is 4.51. The van der Waals surface area contributed by atoms with Crippen LogP contribution in [0.3, 0.4) is 0 Å². The van der Waals surface area contributed by atoms with Gasteiger partial charge in [0.15, 0.2) is 0 Å². The number of nitrogens with one attached hydrogen (secondary N) is 1. The molecule has 1 saturated heterocycles. The zero-order valence-corrected chi connectivity index (χ0v) is 12.6. The Morgan fingerprint density at radius 1 is 1.33 bits per heavy atom. The topological polar surface area (TPSA) is 41.0 Å². The summed E-state index contributed by atoms with van der Waals surface area (Å²) in [5, 5.41) is 3.35. The van der Waals surface area contributed by atoms with E-state index >= 15 is 0 Å². The Morgan fingerprint density at radius 2 is 2.11 bits per heavy atom. The summed E-state index contributed by atoms with van der Waals surface area (Å²) in [6.45, 7) is 5.18. The third-order valence-electron chi connectivity index (χ3n) is 3.13. The molecule has 1 aromatic heterocycles. The zero-order chi connectivity index (χ0) is 11.4. The van der Waals surface area contributed by atoms with E-state index in [0.29, 0.717) is 6.04 Å². The lowest BCUT2D eigenvalue weighted by Crippen LogP contribution is -2.44. The third-order valence-corrected chi connectivity index (χ3v) is 3.13. The maximum Gasteiger partial charge on any atom is 0.0727 e. The van der Waals surface area contributed by atoms with Crippen molar-refractivity contribution in [1.82, 2.24) is 20.2 Å². The SMILES string of the molecule is CNC1CCCN(Cc2cnc(C)cn2)C1.Cl.Cl. The van der Waals surface area contributed by atoms with Gasteiger partial charge >= 0.3 is 0 Å². The summed E-state index contributed by atoms with van der Waals surface area (Å²) in [6.07, 6.45) is 6.28. The highest BCUT2D eigenvalue weighted by Crippen LogP contribution is 2.12. The fourth-order valence-corrected chi connectivity index (χ4v) is 2.16. The van der Waals surface area contributed by atoms with Crippen LogP contribution in [0, 0.1) is 6.92 Å². The number of likely N-dealkylation sites (tertiary alicyclic amines) is 1. The number of hydrogen-bond acceptors (Lipinski definition) is 4. The molecule has 0 amide bonds. The summed E-state index contributed by atoms with van der Waals surface area (Å²) in [4.78, 5) is 11.1. The second kappa shape index (κ2) is 8.64. The van der Waals surface area contributed by atoms with Crippen LogP contribution in [0.2, 0.25) is 0 Å². The Kier molecular flexibility index (Phi) is 8.44. The molecular formula is C12H22Cl2N4. The van der Waals surface area contributed by atoms with Crippen LogP contribution >= 0.6 is 24.8 Å². The second-order valence-electron chi connectivity index (χ2n) is 4.51. The average Bonchev–Trinajstić information content (AvgIpc) is 2.32. The van der Waals surface area contributed by atoms with Gasteiger partial charge in [-0.3, -0.25) is 14.9 Å². The largest absolute Gasteiger partial charge is 0.316 e. The highest BCUT2D eigenvalue weighted by Gasteiger charge is 2.18. The first-order valence-electron chi connectivity index (χ1n) is 5.95. The number of aromatic nitrogens is 2. The summed E-state index contributed by atoms with van der Waals surface area (Å²) < 4.78 is 0. The summed E-state index contributed by atoms with van der Waals surface area (Å²) >= 11 is 0. The van der Waals surface area contributed by atoms with Crippen molar-refractivity contribution in [2.45, 2.75) is 32.4 Å². The molecule has 1 N–H and O–H groups in total. The molecule has 1 fully saturated rings. The Bertz CT molecular complexity index is 331. The molecule has 1 aliphatic rings. The standard InChI is InChI=1S/C12H20N4.2ClH/c1-10-6-15-12(7-14-10)9-16-5-3-4-11(8-16)13-2;;/h6-7,11,13H,3-5,8-9H2,1-2H3;2*1H. The van der Waals surface area contributed by atoms with Gasteiger partial charge in [0, 0.05) is 31.5 Å². The highest BCUT2D eigenvalue weighted by atomic mass is 35.5. The lowest BCUT2D eigenvalue weighted by Gasteiger charge is -2.32. The van der Waals surface area contributed by atoms with E-state index in [9.17, 15) is 0 Å². The molecule has 1 aromatic rings. The van der Waals surface area contributed by atoms with Crippen LogP contribution in [0.15, 0.2) is 12.4 Å². The number of hydrogen-bond donors (Lipinski definition) is 1. The van der Waals surface area contributed by atoms with E-state index in [2.05, 4.69) is 20.2 Å². The fraction of sp³-hybridized carbons (Fsp3) is 0.667. The van der Waals surface area contributed by atoms with E-state index in [4.69, 9.17) is 0 Å². The zero-order valence-electron chi connectivity index (χ0n) is 10.9. The Hall–Kier alpha value is -0.420. The van der Waals surface area contributed by atoms with Crippen molar-refractivity contribution in [3.05, 3.63) is 23.8 Å². The van der Waals surface area contributed by atoms with Crippen LogP contribution in [0.25, 0.3) is 0 Å². The Morgan fingerprint density at radius 3 is 2.72 bits per heavy atom. The maximum absolute atomic E-state index is 4.40. The lowest BCUT2D eigenvalue weighted by molar-refractivity contribution is 0.186. The van der Waals surface area contributed by atoms with Gasteiger partial charge in [0.1, 0.15) is 0 Å². The van der Waals surface area contributed by atoms with E-state index in [1.54, 1.807) is 0 Å². The molecule has 2 rings (SSSR count). The first-order valence-corrected chi connectivity index (χ1v) is 5.95. The molecule has 1 atom stereocenters. The summed E-state index contributed by atoms with van der Waals surface area (Å²) in [7, 11) is 2.04. The van der Waals surface area contributed by atoms with Crippen molar-refractivity contribution in [2.24, 2.45) is 0 Å². The number of piperidine rings is 1. The number of rotatable bonds is 3. The van der Waals surface area contributed by atoms with E-state index in [-0.39, 0.29) is 24.8 Å². The quantitative estimate of drug-likeness (QED) is 0.923. The van der Waals surface area contributed by atoms with E-state index in [0.717, 1.165) is 24.5 Å². The van der Waals surface area contributed by atoms with E-state index in [1.807, 2.05) is 26.4 Å². The van der Waals surface area contributed by atoms with Crippen molar-refractivity contribution in [1.29, 1.82) is 0 Å². The molecule has 0 spiro atoms. The lowest BCUT2D eigenvalue weighted by atomic mass is 10.1. The van der Waals surface area contributed by atoms with Gasteiger partial charge in [0.05, 0.1) is 11.4 Å². The van der Waals surface area contributed by atoms with Crippen molar-refractivity contribution in [3.8, 4) is 0 Å². The van der Waals surface area contributed by atoms with Gasteiger partial charge in [-0.05, 0) is 33.4 Å². The Balaban J connectivity index is 0.00000144. The predicted octanol–water partition coefficient (Wildman–Crippen LogP) is 1.81. The van der Waals surface area contributed by atoms with Gasteiger partial charge in [-0.15, -0.1) is 24.8 Å². The summed E-state index contributed by atoms with van der Waals surface area (Å²) in [5.74, 6) is 0. The molecule has 18 heavy (non-hydrogen) atoms. The number of aryl methyl sites for hydroxylation is 1. The monoisotopic (exact) mass is 292 g/mol. The van der Waals surface area contributed by atoms with Gasteiger partial charge in [-0.25, -0.2) is 0 Å². The van der Waals surface area contributed by atoms with Gasteiger partial charge in [-0.2, -0.15) is 0 Å². The number of nitrogens with zero attached hydrogens (tertiary/aromatic N) is 3. The molecule has 4 nitrogen and oxygen atoms in total. The maximum atomic E-state index is 4.40. The van der Waals surface area contributed by atoms with Crippen LogP contribution in [0.5, 0.6) is 0 Å². The normalized spacial score (nSPS) is 19.8.